The first-order chi connectivity index (χ1) is 13.0. The van der Waals surface area contributed by atoms with E-state index in [9.17, 15) is 13.2 Å². The van der Waals surface area contributed by atoms with Crippen molar-refractivity contribution in [2.75, 3.05) is 24.4 Å². The van der Waals surface area contributed by atoms with Gasteiger partial charge in [0, 0.05) is 32.1 Å². The predicted octanol–water partition coefficient (Wildman–Crippen LogP) is 1.34. The highest BCUT2D eigenvalue weighted by Crippen LogP contribution is 2.26. The van der Waals surface area contributed by atoms with Gasteiger partial charge in [-0.2, -0.15) is 5.10 Å². The zero-order chi connectivity index (χ0) is 19.3. The highest BCUT2D eigenvalue weighted by atomic mass is 32.2. The Morgan fingerprint density at radius 1 is 1.19 bits per heavy atom. The number of nitrogens with one attached hydrogen (secondary N) is 1. The first-order valence-electron chi connectivity index (χ1n) is 9.04. The van der Waals surface area contributed by atoms with Gasteiger partial charge in [0.25, 0.3) is 0 Å². The summed E-state index contributed by atoms with van der Waals surface area (Å²) in [7, 11) is -3.54. The number of hydrogen-bond acceptors (Lipinski definition) is 5. The molecule has 0 aliphatic carbocycles. The zero-order valence-electron chi connectivity index (χ0n) is 15.1. The Labute approximate surface area is 159 Å². The predicted molar refractivity (Wildman–Crippen MR) is 103 cm³/mol. The van der Waals surface area contributed by atoms with Crippen LogP contribution < -0.4 is 10.5 Å². The zero-order valence-corrected chi connectivity index (χ0v) is 15.9. The van der Waals surface area contributed by atoms with Crippen molar-refractivity contribution in [1.29, 1.82) is 0 Å². The summed E-state index contributed by atoms with van der Waals surface area (Å²) in [5.74, 6) is 0.434. The molecule has 0 bridgehead atoms. The number of rotatable bonds is 7. The maximum Gasteiger partial charge on any atom is 0.238 e. The maximum atomic E-state index is 12.5. The van der Waals surface area contributed by atoms with Gasteiger partial charge in [0.1, 0.15) is 5.82 Å². The molecule has 9 heteroatoms. The number of sulfonamides is 1. The molecule has 0 radical (unpaired) electrons. The quantitative estimate of drug-likeness (QED) is 0.740. The molecule has 0 spiro atoms. The number of benzene rings is 1. The third-order valence-corrected chi connectivity index (χ3v) is 5.88. The van der Waals surface area contributed by atoms with Gasteiger partial charge in [-0.25, -0.2) is 13.1 Å². The minimum Gasteiger partial charge on any atom is -0.343 e. The Morgan fingerprint density at radius 2 is 1.89 bits per heavy atom. The highest BCUT2D eigenvalue weighted by Gasteiger charge is 2.26. The topological polar surface area (TPSA) is 110 Å². The van der Waals surface area contributed by atoms with Crippen molar-refractivity contribution >= 4 is 21.7 Å². The first kappa shape index (κ1) is 19.4. The van der Waals surface area contributed by atoms with Crippen LogP contribution in [-0.2, 0) is 20.6 Å². The van der Waals surface area contributed by atoms with Crippen molar-refractivity contribution < 1.29 is 13.2 Å². The van der Waals surface area contributed by atoms with Crippen LogP contribution in [0.1, 0.15) is 30.9 Å². The lowest BCUT2D eigenvalue weighted by Crippen LogP contribution is -2.40. The summed E-state index contributed by atoms with van der Waals surface area (Å²) < 4.78 is 29.4. The lowest BCUT2D eigenvalue weighted by molar-refractivity contribution is -0.132. The second-order valence-corrected chi connectivity index (χ2v) is 8.38. The SMILES string of the molecule is NCCC(=O)N1CCC(n2nccc2NS(=O)(=O)Cc2ccccc2)CC1. The summed E-state index contributed by atoms with van der Waals surface area (Å²) in [6.07, 6.45) is 3.40. The van der Waals surface area contributed by atoms with Crippen LogP contribution >= 0.6 is 0 Å². The van der Waals surface area contributed by atoms with Gasteiger partial charge in [-0.05, 0) is 18.4 Å². The van der Waals surface area contributed by atoms with E-state index in [0.29, 0.717) is 31.9 Å². The fourth-order valence-corrected chi connectivity index (χ4v) is 4.50. The number of carbonyl (C=O) groups excluding carboxylic acids is 1. The second kappa shape index (κ2) is 8.53. The van der Waals surface area contributed by atoms with E-state index in [1.165, 1.54) is 0 Å². The summed E-state index contributed by atoms with van der Waals surface area (Å²) in [6.45, 7) is 1.60. The Hall–Kier alpha value is -2.39. The molecule has 1 aromatic carbocycles. The molecular weight excluding hydrogens is 366 g/mol. The van der Waals surface area contributed by atoms with Crippen molar-refractivity contribution in [2.45, 2.75) is 31.1 Å². The summed E-state index contributed by atoms with van der Waals surface area (Å²) in [5, 5.41) is 4.30. The van der Waals surface area contributed by atoms with E-state index >= 15 is 0 Å². The fraction of sp³-hybridized carbons (Fsp3) is 0.444. The number of nitrogens with zero attached hydrogens (tertiary/aromatic N) is 3. The molecule has 146 valence electrons. The van der Waals surface area contributed by atoms with Gasteiger partial charge >= 0.3 is 0 Å². The van der Waals surface area contributed by atoms with Crippen molar-refractivity contribution in [3.8, 4) is 0 Å². The number of aromatic nitrogens is 2. The van der Waals surface area contributed by atoms with Gasteiger partial charge in [-0.15, -0.1) is 0 Å². The Bertz CT molecular complexity index is 858. The number of hydrogen-bond donors (Lipinski definition) is 2. The summed E-state index contributed by atoms with van der Waals surface area (Å²) in [5.41, 5.74) is 6.17. The largest absolute Gasteiger partial charge is 0.343 e. The van der Waals surface area contributed by atoms with Crippen LogP contribution in [0.25, 0.3) is 0 Å². The molecule has 1 aliphatic heterocycles. The fourth-order valence-electron chi connectivity index (χ4n) is 3.32. The Kier molecular flexibility index (Phi) is 6.12. The number of likely N-dealkylation sites (tertiary alicyclic amines) is 1. The minimum absolute atomic E-state index is 0.0522. The molecule has 3 rings (SSSR count). The van der Waals surface area contributed by atoms with E-state index in [-0.39, 0.29) is 17.7 Å². The van der Waals surface area contributed by atoms with Crippen molar-refractivity contribution in [1.82, 2.24) is 14.7 Å². The standard InChI is InChI=1S/C18H25N5O3S/c19-10-6-18(24)22-12-8-16(9-13-22)23-17(7-11-20-23)21-27(25,26)14-15-4-2-1-3-5-15/h1-5,7,11,16,21H,6,8-10,12-14,19H2. The molecule has 2 aromatic rings. The first-order valence-corrected chi connectivity index (χ1v) is 10.7. The number of anilines is 1. The van der Waals surface area contributed by atoms with Crippen LogP contribution in [0, 0.1) is 0 Å². The number of carbonyl (C=O) groups is 1. The molecule has 1 saturated heterocycles. The molecule has 0 saturated carbocycles. The maximum absolute atomic E-state index is 12.5. The van der Waals surface area contributed by atoms with Crippen LogP contribution in [0.5, 0.6) is 0 Å². The van der Waals surface area contributed by atoms with Gasteiger partial charge in [0.05, 0.1) is 18.0 Å². The van der Waals surface area contributed by atoms with Gasteiger partial charge in [0.15, 0.2) is 0 Å². The molecule has 2 heterocycles. The molecule has 3 N–H and O–H groups in total. The van der Waals surface area contributed by atoms with Crippen LogP contribution in [-0.4, -0.2) is 48.6 Å². The van der Waals surface area contributed by atoms with Crippen LogP contribution in [0.2, 0.25) is 0 Å². The number of amides is 1. The van der Waals surface area contributed by atoms with E-state index in [4.69, 9.17) is 5.73 Å². The highest BCUT2D eigenvalue weighted by molar-refractivity contribution is 7.91. The van der Waals surface area contributed by atoms with Crippen molar-refractivity contribution in [3.05, 3.63) is 48.2 Å². The minimum atomic E-state index is -3.54. The number of piperidine rings is 1. The van der Waals surface area contributed by atoms with Gasteiger partial charge in [-0.1, -0.05) is 30.3 Å². The molecule has 1 aliphatic rings. The average Bonchev–Trinajstić information content (AvgIpc) is 3.09. The Balaban J connectivity index is 1.64. The monoisotopic (exact) mass is 391 g/mol. The molecule has 27 heavy (non-hydrogen) atoms. The van der Waals surface area contributed by atoms with E-state index in [2.05, 4.69) is 9.82 Å². The van der Waals surface area contributed by atoms with Gasteiger partial charge < -0.3 is 10.6 Å². The average molecular weight is 391 g/mol. The van der Waals surface area contributed by atoms with Crippen molar-refractivity contribution in [2.24, 2.45) is 5.73 Å². The van der Waals surface area contributed by atoms with E-state index in [1.807, 2.05) is 23.1 Å². The normalized spacial score (nSPS) is 15.7. The third-order valence-electron chi connectivity index (χ3n) is 4.65. The van der Waals surface area contributed by atoms with Crippen LogP contribution in [0.4, 0.5) is 5.82 Å². The molecule has 1 aromatic heterocycles. The smallest absolute Gasteiger partial charge is 0.238 e. The molecule has 8 nitrogen and oxygen atoms in total. The van der Waals surface area contributed by atoms with Crippen molar-refractivity contribution in [3.63, 3.8) is 0 Å². The molecule has 1 fully saturated rings. The summed E-state index contributed by atoms with van der Waals surface area (Å²) in [4.78, 5) is 13.8. The van der Waals surface area contributed by atoms with E-state index in [1.54, 1.807) is 29.1 Å². The van der Waals surface area contributed by atoms with E-state index < -0.39 is 10.0 Å². The molecule has 0 unspecified atom stereocenters. The second-order valence-electron chi connectivity index (χ2n) is 6.66. The van der Waals surface area contributed by atoms with Crippen LogP contribution in [0.15, 0.2) is 42.6 Å². The molecule has 1 amide bonds. The Morgan fingerprint density at radius 3 is 2.56 bits per heavy atom. The van der Waals surface area contributed by atoms with E-state index in [0.717, 1.165) is 18.4 Å². The van der Waals surface area contributed by atoms with Gasteiger partial charge in [0.2, 0.25) is 15.9 Å². The lowest BCUT2D eigenvalue weighted by Gasteiger charge is -2.32. The molecular formula is C18H25N5O3S. The number of nitrogens with two attached hydrogens (primary N) is 1. The summed E-state index contributed by atoms with van der Waals surface area (Å²) >= 11 is 0. The third kappa shape index (κ3) is 5.08. The molecule has 0 atom stereocenters. The van der Waals surface area contributed by atoms with Crippen LogP contribution in [0.3, 0.4) is 0 Å². The lowest BCUT2D eigenvalue weighted by atomic mass is 10.0. The van der Waals surface area contributed by atoms with Gasteiger partial charge in [-0.3, -0.25) is 9.52 Å². The summed E-state index contributed by atoms with van der Waals surface area (Å²) in [6, 6.07) is 10.8.